The molecule has 0 heterocycles. The molecule has 2 fully saturated rings. The van der Waals surface area contributed by atoms with Crippen LogP contribution in [0.15, 0.2) is 0 Å². The Labute approximate surface area is 136 Å². The molecule has 0 radical (unpaired) electrons. The van der Waals surface area contributed by atoms with E-state index in [1.807, 2.05) is 0 Å². The summed E-state index contributed by atoms with van der Waals surface area (Å²) >= 11 is 0. The van der Waals surface area contributed by atoms with Crippen molar-refractivity contribution in [1.82, 2.24) is 4.90 Å². The lowest BCUT2D eigenvalue weighted by Crippen LogP contribution is -2.43. The molecule has 0 spiro atoms. The van der Waals surface area contributed by atoms with Gasteiger partial charge in [-0.2, -0.15) is 0 Å². The number of hydrogen-bond donors (Lipinski definition) is 0. The number of rotatable bonds is 5. The fourth-order valence-corrected chi connectivity index (χ4v) is 5.06. The van der Waals surface area contributed by atoms with Gasteiger partial charge in [-0.15, -0.1) is 0 Å². The fraction of sp³-hybridized carbons (Fsp3) is 0.947. The van der Waals surface area contributed by atoms with Crippen molar-refractivity contribution >= 4 is 5.97 Å². The number of carbonyl (C=O) groups excluding carboxylic acids is 1. The summed E-state index contributed by atoms with van der Waals surface area (Å²) in [7, 11) is 5.80. The van der Waals surface area contributed by atoms with E-state index in [-0.39, 0.29) is 11.9 Å². The molecule has 0 aromatic rings. The summed E-state index contributed by atoms with van der Waals surface area (Å²) < 4.78 is 5.21. The first-order valence-electron chi connectivity index (χ1n) is 9.29. The molecule has 0 amide bonds. The van der Waals surface area contributed by atoms with Crippen molar-refractivity contribution in [3.63, 3.8) is 0 Å². The molecule has 0 aromatic carbocycles. The Kier molecular flexibility index (Phi) is 6.73. The lowest BCUT2D eigenvalue weighted by molar-refractivity contribution is -0.153. The van der Waals surface area contributed by atoms with Gasteiger partial charge in [0.05, 0.1) is 13.0 Å². The molecule has 2 saturated carbocycles. The van der Waals surface area contributed by atoms with Crippen LogP contribution in [0.2, 0.25) is 0 Å². The molecule has 0 bridgehead atoms. The normalized spacial score (nSPS) is 36.3. The molecule has 0 saturated heterocycles. The second-order valence-electron chi connectivity index (χ2n) is 7.86. The van der Waals surface area contributed by atoms with Gasteiger partial charge in [0.25, 0.3) is 0 Å². The number of nitrogens with zero attached hydrogens (tertiary/aromatic N) is 1. The van der Waals surface area contributed by atoms with E-state index in [9.17, 15) is 4.79 Å². The molecular weight excluding hydrogens is 274 g/mol. The molecule has 3 heteroatoms. The smallest absolute Gasteiger partial charge is 0.309 e. The molecule has 3 atom stereocenters. The third-order valence-electron chi connectivity index (χ3n) is 6.23. The van der Waals surface area contributed by atoms with Gasteiger partial charge in [-0.3, -0.25) is 4.79 Å². The first-order valence-corrected chi connectivity index (χ1v) is 9.29. The van der Waals surface area contributed by atoms with Crippen LogP contribution in [0.4, 0.5) is 0 Å². The quantitative estimate of drug-likeness (QED) is 0.720. The number of ether oxygens (including phenoxy) is 1. The molecule has 0 aliphatic heterocycles. The second kappa shape index (κ2) is 8.33. The molecule has 3 unspecified atom stereocenters. The average molecular weight is 309 g/mol. The van der Waals surface area contributed by atoms with Crippen LogP contribution < -0.4 is 0 Å². The minimum Gasteiger partial charge on any atom is -0.469 e. The van der Waals surface area contributed by atoms with Gasteiger partial charge in [-0.1, -0.05) is 32.6 Å². The van der Waals surface area contributed by atoms with E-state index in [1.165, 1.54) is 51.4 Å². The van der Waals surface area contributed by atoms with Crippen LogP contribution in [-0.2, 0) is 9.53 Å². The van der Waals surface area contributed by atoms with Crippen LogP contribution in [0, 0.1) is 29.6 Å². The van der Waals surface area contributed by atoms with Crippen LogP contribution in [0.3, 0.4) is 0 Å². The Hall–Kier alpha value is -0.570. The van der Waals surface area contributed by atoms with E-state index >= 15 is 0 Å². The molecular formula is C19H35NO2. The molecule has 2 aliphatic carbocycles. The molecule has 128 valence electrons. The van der Waals surface area contributed by atoms with E-state index in [0.717, 1.165) is 18.4 Å². The second-order valence-corrected chi connectivity index (χ2v) is 7.86. The van der Waals surface area contributed by atoms with Gasteiger partial charge in [0.2, 0.25) is 0 Å². The summed E-state index contributed by atoms with van der Waals surface area (Å²) in [5.74, 6) is 2.89. The Morgan fingerprint density at radius 3 is 2.32 bits per heavy atom. The molecule has 2 aliphatic rings. The van der Waals surface area contributed by atoms with Crippen LogP contribution in [-0.4, -0.2) is 38.6 Å². The molecule has 3 nitrogen and oxygen atoms in total. The van der Waals surface area contributed by atoms with Gasteiger partial charge >= 0.3 is 5.97 Å². The number of carbonyl (C=O) groups is 1. The Bertz CT molecular complexity index is 347. The lowest BCUT2D eigenvalue weighted by atomic mass is 9.63. The fourth-order valence-electron chi connectivity index (χ4n) is 5.06. The van der Waals surface area contributed by atoms with Gasteiger partial charge in [-0.05, 0) is 63.5 Å². The van der Waals surface area contributed by atoms with Gasteiger partial charge in [0.1, 0.15) is 0 Å². The maximum absolute atomic E-state index is 12.5. The summed E-state index contributed by atoms with van der Waals surface area (Å²) in [5, 5.41) is 0. The van der Waals surface area contributed by atoms with Crippen LogP contribution >= 0.6 is 0 Å². The number of hydrogen-bond acceptors (Lipinski definition) is 3. The van der Waals surface area contributed by atoms with Gasteiger partial charge < -0.3 is 9.64 Å². The summed E-state index contributed by atoms with van der Waals surface area (Å²) in [5.41, 5.74) is 0. The first-order chi connectivity index (χ1) is 10.6. The van der Waals surface area contributed by atoms with Crippen LogP contribution in [0.1, 0.15) is 58.3 Å². The molecule has 0 aromatic heterocycles. The number of methoxy groups -OCH3 is 1. The van der Waals surface area contributed by atoms with Crippen molar-refractivity contribution in [2.45, 2.75) is 58.3 Å². The minimum atomic E-state index is 0.0502. The Morgan fingerprint density at radius 2 is 1.77 bits per heavy atom. The molecule has 0 N–H and O–H groups in total. The Morgan fingerprint density at radius 1 is 1.09 bits per heavy atom. The molecule has 2 rings (SSSR count). The largest absolute Gasteiger partial charge is 0.469 e. The van der Waals surface area contributed by atoms with Gasteiger partial charge in [0, 0.05) is 6.54 Å². The highest BCUT2D eigenvalue weighted by Gasteiger charge is 2.43. The van der Waals surface area contributed by atoms with Crippen molar-refractivity contribution in [1.29, 1.82) is 0 Å². The highest BCUT2D eigenvalue weighted by atomic mass is 16.5. The number of esters is 1. The van der Waals surface area contributed by atoms with E-state index < -0.39 is 0 Å². The zero-order chi connectivity index (χ0) is 16.1. The lowest BCUT2D eigenvalue weighted by Gasteiger charge is -2.43. The zero-order valence-electron chi connectivity index (χ0n) is 15.0. The van der Waals surface area contributed by atoms with Crippen molar-refractivity contribution in [2.75, 3.05) is 27.7 Å². The van der Waals surface area contributed by atoms with E-state index in [4.69, 9.17) is 4.74 Å². The highest BCUT2D eigenvalue weighted by molar-refractivity contribution is 5.73. The summed E-state index contributed by atoms with van der Waals surface area (Å²) in [4.78, 5) is 14.7. The maximum Gasteiger partial charge on any atom is 0.309 e. The van der Waals surface area contributed by atoms with Crippen molar-refractivity contribution in [3.8, 4) is 0 Å². The van der Waals surface area contributed by atoms with Crippen molar-refractivity contribution in [2.24, 2.45) is 29.6 Å². The molecule has 22 heavy (non-hydrogen) atoms. The summed E-state index contributed by atoms with van der Waals surface area (Å²) in [6.45, 7) is 3.33. The summed E-state index contributed by atoms with van der Waals surface area (Å²) in [6.07, 6.45) is 10.4. The standard InChI is InChI=1S/C19H35NO2/c1-5-14-9-11-15(12-10-14)17-8-6-7-16(13-20(2)3)18(17)19(21)22-4/h14-18H,5-13H2,1-4H3. The van der Waals surface area contributed by atoms with Crippen molar-refractivity contribution < 1.29 is 9.53 Å². The van der Waals surface area contributed by atoms with Gasteiger partial charge in [-0.25, -0.2) is 0 Å². The topological polar surface area (TPSA) is 29.5 Å². The van der Waals surface area contributed by atoms with E-state index in [1.54, 1.807) is 7.11 Å². The SMILES string of the molecule is CCC1CCC(C2CCCC(CN(C)C)C2C(=O)OC)CC1. The minimum absolute atomic E-state index is 0.0502. The first kappa shape index (κ1) is 17.8. The van der Waals surface area contributed by atoms with E-state index in [0.29, 0.717) is 11.8 Å². The van der Waals surface area contributed by atoms with E-state index in [2.05, 4.69) is 25.9 Å². The third-order valence-corrected chi connectivity index (χ3v) is 6.23. The predicted octanol–water partition coefficient (Wildman–Crippen LogP) is 3.97. The Balaban J connectivity index is 2.08. The zero-order valence-corrected chi connectivity index (χ0v) is 15.0. The third kappa shape index (κ3) is 4.24. The maximum atomic E-state index is 12.5. The monoisotopic (exact) mass is 309 g/mol. The van der Waals surface area contributed by atoms with Gasteiger partial charge in [0.15, 0.2) is 0 Å². The summed E-state index contributed by atoms with van der Waals surface area (Å²) in [6, 6.07) is 0. The predicted molar refractivity (Wildman–Crippen MR) is 90.6 cm³/mol. The highest BCUT2D eigenvalue weighted by Crippen LogP contribution is 2.45. The van der Waals surface area contributed by atoms with Crippen LogP contribution in [0.25, 0.3) is 0 Å². The average Bonchev–Trinajstić information content (AvgIpc) is 2.53. The van der Waals surface area contributed by atoms with Crippen molar-refractivity contribution in [3.05, 3.63) is 0 Å². The van der Waals surface area contributed by atoms with Crippen LogP contribution in [0.5, 0.6) is 0 Å².